The highest BCUT2D eigenvalue weighted by atomic mass is 14.0. The van der Waals surface area contributed by atoms with Gasteiger partial charge in [0.15, 0.2) is 0 Å². The Morgan fingerprint density at radius 3 is 2.29 bits per heavy atom. The van der Waals surface area contributed by atoms with Crippen LogP contribution in [0.25, 0.3) is 6.08 Å². The van der Waals surface area contributed by atoms with E-state index >= 15 is 0 Å². The van der Waals surface area contributed by atoms with Crippen molar-refractivity contribution in [2.45, 2.75) is 41.0 Å². The van der Waals surface area contributed by atoms with Gasteiger partial charge >= 0.3 is 0 Å². The first-order valence-electron chi connectivity index (χ1n) is 5.50. The third-order valence-corrected chi connectivity index (χ3v) is 2.09. The number of rotatable bonds is 2. The molecule has 0 bridgehead atoms. The van der Waals surface area contributed by atoms with Crippen LogP contribution in [-0.2, 0) is 6.42 Å². The zero-order chi connectivity index (χ0) is 11.0. The van der Waals surface area contributed by atoms with Gasteiger partial charge < -0.3 is 0 Å². The van der Waals surface area contributed by atoms with Gasteiger partial charge in [-0.2, -0.15) is 0 Å². The number of allylic oxidation sites excluding steroid dienone is 1. The van der Waals surface area contributed by atoms with Crippen molar-refractivity contribution in [2.75, 3.05) is 0 Å². The Hall–Kier alpha value is -1.04. The van der Waals surface area contributed by atoms with Gasteiger partial charge in [0.2, 0.25) is 0 Å². The first kappa shape index (κ1) is 13.0. The van der Waals surface area contributed by atoms with Crippen LogP contribution >= 0.6 is 0 Å². The molecule has 0 radical (unpaired) electrons. The van der Waals surface area contributed by atoms with E-state index in [-0.39, 0.29) is 0 Å². The molecule has 0 heterocycles. The Morgan fingerprint density at radius 1 is 1.21 bits per heavy atom. The smallest absolute Gasteiger partial charge is 0.0230 e. The summed E-state index contributed by atoms with van der Waals surface area (Å²) in [5, 5.41) is 0. The van der Waals surface area contributed by atoms with E-state index in [9.17, 15) is 0 Å². The molecule has 0 aromatic heterocycles. The second-order valence-corrected chi connectivity index (χ2v) is 3.04. The minimum atomic E-state index is 1.12. The predicted octanol–water partition coefficient (Wildman–Crippen LogP) is 4.62. The summed E-state index contributed by atoms with van der Waals surface area (Å²) in [4.78, 5) is 0. The Kier molecular flexibility index (Phi) is 6.82. The Labute approximate surface area is 88.7 Å². The summed E-state index contributed by atoms with van der Waals surface area (Å²) in [6.45, 7) is 10.4. The maximum absolute atomic E-state index is 2.26. The standard InChI is InChI=1S/C12H16.C2H6/c1-4-6-12-8-7-11(5-2)9-10(12)3;1-2/h4,6-9H,5H2,1-3H3;1-2H3/b6-4-;. The third-order valence-electron chi connectivity index (χ3n) is 2.09. The van der Waals surface area contributed by atoms with Gasteiger partial charge in [0.25, 0.3) is 0 Å². The Morgan fingerprint density at radius 2 is 1.86 bits per heavy atom. The fraction of sp³-hybridized carbons (Fsp3) is 0.429. The second-order valence-electron chi connectivity index (χ2n) is 3.04. The van der Waals surface area contributed by atoms with Crippen LogP contribution in [0.3, 0.4) is 0 Å². The molecular formula is C14H22. The molecule has 0 aliphatic rings. The quantitative estimate of drug-likeness (QED) is 0.638. The van der Waals surface area contributed by atoms with Gasteiger partial charge in [-0.25, -0.2) is 0 Å². The van der Waals surface area contributed by atoms with E-state index in [0.717, 1.165) is 6.42 Å². The maximum atomic E-state index is 2.26. The Bertz CT molecular complexity index is 282. The topological polar surface area (TPSA) is 0 Å². The summed E-state index contributed by atoms with van der Waals surface area (Å²) in [6, 6.07) is 6.64. The fourth-order valence-electron chi connectivity index (χ4n) is 1.32. The molecule has 0 spiro atoms. The molecule has 0 saturated carbocycles. The summed E-state index contributed by atoms with van der Waals surface area (Å²) >= 11 is 0. The van der Waals surface area contributed by atoms with Crippen LogP contribution in [0.15, 0.2) is 24.3 Å². The molecule has 0 nitrogen and oxygen atoms in total. The van der Waals surface area contributed by atoms with Crippen LogP contribution in [0.2, 0.25) is 0 Å². The lowest BCUT2D eigenvalue weighted by molar-refractivity contribution is 1.13. The first-order chi connectivity index (χ1) is 6.77. The highest BCUT2D eigenvalue weighted by molar-refractivity contribution is 5.53. The molecule has 0 saturated heterocycles. The van der Waals surface area contributed by atoms with E-state index in [1.54, 1.807) is 0 Å². The van der Waals surface area contributed by atoms with Crippen molar-refractivity contribution < 1.29 is 0 Å². The number of hydrogen-bond acceptors (Lipinski definition) is 0. The van der Waals surface area contributed by atoms with Gasteiger partial charge in [-0.15, -0.1) is 0 Å². The molecule has 14 heavy (non-hydrogen) atoms. The van der Waals surface area contributed by atoms with Crippen LogP contribution in [0.1, 0.15) is 44.4 Å². The van der Waals surface area contributed by atoms with Crippen molar-refractivity contribution in [1.82, 2.24) is 0 Å². The van der Waals surface area contributed by atoms with E-state index in [0.29, 0.717) is 0 Å². The van der Waals surface area contributed by atoms with Crippen LogP contribution in [-0.4, -0.2) is 0 Å². The lowest BCUT2D eigenvalue weighted by Gasteiger charge is -2.02. The average Bonchev–Trinajstić information content (AvgIpc) is 2.24. The molecular weight excluding hydrogens is 168 g/mol. The minimum absolute atomic E-state index is 1.12. The van der Waals surface area contributed by atoms with E-state index in [2.05, 4.69) is 44.2 Å². The highest BCUT2D eigenvalue weighted by Crippen LogP contribution is 2.12. The molecule has 1 aromatic carbocycles. The molecule has 0 aliphatic heterocycles. The zero-order valence-corrected chi connectivity index (χ0v) is 10.1. The molecule has 0 unspecified atom stereocenters. The van der Waals surface area contributed by atoms with Crippen molar-refractivity contribution in [3.63, 3.8) is 0 Å². The third kappa shape index (κ3) is 3.78. The number of benzene rings is 1. The Balaban J connectivity index is 0.000000791. The van der Waals surface area contributed by atoms with Crippen LogP contribution < -0.4 is 0 Å². The second kappa shape index (κ2) is 7.37. The normalized spacial score (nSPS) is 9.79. The van der Waals surface area contributed by atoms with Crippen LogP contribution in [0, 0.1) is 6.92 Å². The van der Waals surface area contributed by atoms with Gasteiger partial charge in [0.05, 0.1) is 0 Å². The molecule has 0 atom stereocenters. The largest absolute Gasteiger partial charge is 0.0871 e. The molecule has 0 N–H and O–H groups in total. The fourth-order valence-corrected chi connectivity index (χ4v) is 1.32. The van der Waals surface area contributed by atoms with E-state index in [1.807, 2.05) is 20.8 Å². The van der Waals surface area contributed by atoms with E-state index < -0.39 is 0 Å². The van der Waals surface area contributed by atoms with Crippen molar-refractivity contribution >= 4 is 6.08 Å². The van der Waals surface area contributed by atoms with E-state index in [4.69, 9.17) is 0 Å². The number of aryl methyl sites for hydroxylation is 2. The van der Waals surface area contributed by atoms with Gasteiger partial charge in [-0.05, 0) is 37.0 Å². The summed E-state index contributed by atoms with van der Waals surface area (Å²) in [5.74, 6) is 0. The molecule has 0 fully saturated rings. The summed E-state index contributed by atoms with van der Waals surface area (Å²) in [5.41, 5.74) is 4.11. The van der Waals surface area contributed by atoms with Gasteiger partial charge in [-0.1, -0.05) is 51.1 Å². The average molecular weight is 190 g/mol. The zero-order valence-electron chi connectivity index (χ0n) is 10.1. The summed E-state index contributed by atoms with van der Waals surface area (Å²) in [7, 11) is 0. The predicted molar refractivity (Wildman–Crippen MR) is 66.6 cm³/mol. The van der Waals surface area contributed by atoms with Crippen molar-refractivity contribution in [3.8, 4) is 0 Å². The minimum Gasteiger partial charge on any atom is -0.0871 e. The molecule has 78 valence electrons. The highest BCUT2D eigenvalue weighted by Gasteiger charge is 1.94. The lowest BCUT2D eigenvalue weighted by Crippen LogP contribution is -1.84. The van der Waals surface area contributed by atoms with Gasteiger partial charge in [0, 0.05) is 0 Å². The van der Waals surface area contributed by atoms with Crippen molar-refractivity contribution in [1.29, 1.82) is 0 Å². The first-order valence-corrected chi connectivity index (χ1v) is 5.50. The molecule has 0 heteroatoms. The summed E-state index contributed by atoms with van der Waals surface area (Å²) < 4.78 is 0. The summed E-state index contributed by atoms with van der Waals surface area (Å²) in [6.07, 6.45) is 5.35. The molecule has 0 amide bonds. The molecule has 1 rings (SSSR count). The van der Waals surface area contributed by atoms with Crippen molar-refractivity contribution in [2.24, 2.45) is 0 Å². The molecule has 1 aromatic rings. The SMILES string of the molecule is C/C=C\c1ccc(CC)cc1C.CC. The van der Waals surface area contributed by atoms with Crippen LogP contribution in [0.4, 0.5) is 0 Å². The van der Waals surface area contributed by atoms with Gasteiger partial charge in [-0.3, -0.25) is 0 Å². The van der Waals surface area contributed by atoms with Gasteiger partial charge in [0.1, 0.15) is 0 Å². The monoisotopic (exact) mass is 190 g/mol. The van der Waals surface area contributed by atoms with Crippen molar-refractivity contribution in [3.05, 3.63) is 41.0 Å². The number of hydrogen-bond donors (Lipinski definition) is 0. The van der Waals surface area contributed by atoms with Crippen LogP contribution in [0.5, 0.6) is 0 Å². The molecule has 0 aliphatic carbocycles. The lowest BCUT2D eigenvalue weighted by atomic mass is 10.0. The van der Waals surface area contributed by atoms with E-state index in [1.165, 1.54) is 16.7 Å². The maximum Gasteiger partial charge on any atom is -0.0230 e.